The number of nitrogens with zero attached hydrogens (tertiary/aromatic N) is 1. The molecule has 2 aliphatic heterocycles. The van der Waals surface area contributed by atoms with E-state index in [0.717, 1.165) is 4.90 Å². The van der Waals surface area contributed by atoms with Crippen molar-refractivity contribution < 1.29 is 42.9 Å². The van der Waals surface area contributed by atoms with Crippen LogP contribution >= 0.6 is 0 Å². The maximum atomic E-state index is 13.3. The number of aliphatic hydroxyl groups is 1. The van der Waals surface area contributed by atoms with E-state index in [2.05, 4.69) is 27.7 Å². The van der Waals surface area contributed by atoms with Crippen molar-refractivity contribution in [3.8, 4) is 0 Å². The van der Waals surface area contributed by atoms with E-state index in [0.29, 0.717) is 5.56 Å². The van der Waals surface area contributed by atoms with E-state index in [1.807, 2.05) is 13.1 Å². The third-order valence-corrected chi connectivity index (χ3v) is 13.2. The van der Waals surface area contributed by atoms with Crippen LogP contribution in [-0.4, -0.2) is 79.3 Å². The van der Waals surface area contributed by atoms with E-state index in [1.54, 1.807) is 44.2 Å². The van der Waals surface area contributed by atoms with Crippen molar-refractivity contribution in [2.75, 3.05) is 6.61 Å². The molecule has 0 unspecified atom stereocenters. The van der Waals surface area contributed by atoms with Crippen molar-refractivity contribution >= 4 is 32.1 Å². The predicted octanol–water partition coefficient (Wildman–Crippen LogP) is 3.59. The molecule has 1 aromatic carbocycles. The first-order valence-electron chi connectivity index (χ1n) is 13.5. The fourth-order valence-electron chi connectivity index (χ4n) is 4.73. The Morgan fingerprint density at radius 2 is 1.62 bits per heavy atom. The molecule has 0 spiro atoms. The predicted molar refractivity (Wildman–Crippen MR) is 148 cm³/mol. The highest BCUT2D eigenvalue weighted by atomic mass is 28.4. The van der Waals surface area contributed by atoms with Crippen molar-refractivity contribution in [1.29, 1.82) is 0 Å². The topological polar surface area (TPSA) is 129 Å². The van der Waals surface area contributed by atoms with Crippen LogP contribution in [0.5, 0.6) is 0 Å². The van der Waals surface area contributed by atoms with Crippen LogP contribution in [0.25, 0.3) is 0 Å². The maximum Gasteiger partial charge on any atom is 0.338 e. The monoisotopic (exact) mass is 575 g/mol. The van der Waals surface area contributed by atoms with Crippen molar-refractivity contribution in [3.63, 3.8) is 0 Å². The van der Waals surface area contributed by atoms with Gasteiger partial charge in [-0.1, -0.05) is 45.9 Å². The number of hydrogen-bond acceptors (Lipinski definition) is 9. The first-order valence-corrected chi connectivity index (χ1v) is 16.4. The molecule has 3 rings (SSSR count). The number of carbonyl (C=O) groups excluding carboxylic acids is 4. The number of benzene rings is 1. The first kappa shape index (κ1) is 31.7. The van der Waals surface area contributed by atoms with Crippen LogP contribution < -0.4 is 0 Å². The van der Waals surface area contributed by atoms with Crippen LogP contribution in [0.3, 0.4) is 0 Å². The number of hydrogen-bond donors (Lipinski definition) is 1. The molecule has 5 atom stereocenters. The minimum atomic E-state index is -2.69. The lowest BCUT2D eigenvalue weighted by Gasteiger charge is -2.51. The number of imide groups is 1. The van der Waals surface area contributed by atoms with Crippen LogP contribution in [0.1, 0.15) is 58.8 Å². The van der Waals surface area contributed by atoms with Gasteiger partial charge in [-0.3, -0.25) is 19.3 Å². The molecule has 40 heavy (non-hydrogen) atoms. The molecule has 1 N–H and O–H groups in total. The maximum absolute atomic E-state index is 13.3. The van der Waals surface area contributed by atoms with E-state index in [9.17, 15) is 24.3 Å². The van der Waals surface area contributed by atoms with Crippen LogP contribution in [0.2, 0.25) is 18.1 Å². The lowest BCUT2D eigenvalue weighted by molar-refractivity contribution is -0.266. The van der Waals surface area contributed by atoms with Gasteiger partial charge in [0.05, 0.1) is 5.56 Å². The third kappa shape index (κ3) is 6.07. The molecule has 2 heterocycles. The molecular weight excluding hydrogens is 534 g/mol. The van der Waals surface area contributed by atoms with Gasteiger partial charge in [-0.25, -0.2) is 4.79 Å². The molecule has 0 radical (unpaired) electrons. The van der Waals surface area contributed by atoms with Gasteiger partial charge in [0.2, 0.25) is 0 Å². The molecule has 1 saturated heterocycles. The minimum absolute atomic E-state index is 0.217. The van der Waals surface area contributed by atoms with E-state index < -0.39 is 62.7 Å². The Kier molecular flexibility index (Phi) is 9.45. The SMILES string of the molecule is CC(=O)O[C@H]1[C@H](O)[C@@H](COC(=O)c2ccccc2)O[C@@H](O[Si](C)(C)C(C)(C)C(C)C)[C@@H]1N1C(=O)C(C)=C(C)C1=O. The van der Waals surface area contributed by atoms with Crippen molar-refractivity contribution in [2.24, 2.45) is 5.92 Å². The largest absolute Gasteiger partial charge is 0.459 e. The molecule has 1 aromatic rings. The second kappa shape index (κ2) is 11.9. The Bertz CT molecular complexity index is 1150. The third-order valence-electron chi connectivity index (χ3n) is 8.68. The number of amides is 2. The van der Waals surface area contributed by atoms with Crippen LogP contribution in [0.15, 0.2) is 41.5 Å². The van der Waals surface area contributed by atoms with Gasteiger partial charge in [-0.2, -0.15) is 0 Å². The Labute approximate surface area is 236 Å². The summed E-state index contributed by atoms with van der Waals surface area (Å²) >= 11 is 0. The molecule has 0 aliphatic carbocycles. The number of rotatable bonds is 9. The fourth-order valence-corrected chi connectivity index (χ4v) is 7.20. The molecule has 0 aromatic heterocycles. The summed E-state index contributed by atoms with van der Waals surface area (Å²) in [5.74, 6) is -2.30. The first-order chi connectivity index (χ1) is 18.5. The summed E-state index contributed by atoms with van der Waals surface area (Å²) < 4.78 is 23.9. The minimum Gasteiger partial charge on any atom is -0.459 e. The van der Waals surface area contributed by atoms with Crippen LogP contribution in [0, 0.1) is 5.92 Å². The van der Waals surface area contributed by atoms with Gasteiger partial charge in [-0.15, -0.1) is 0 Å². The van der Waals surface area contributed by atoms with Gasteiger partial charge in [0, 0.05) is 18.1 Å². The van der Waals surface area contributed by atoms with Crippen molar-refractivity contribution in [2.45, 2.75) is 97.2 Å². The summed E-state index contributed by atoms with van der Waals surface area (Å²) in [7, 11) is -2.69. The second-order valence-electron chi connectivity index (χ2n) is 11.8. The van der Waals surface area contributed by atoms with Crippen molar-refractivity contribution in [1.82, 2.24) is 4.90 Å². The molecule has 10 nitrogen and oxygen atoms in total. The van der Waals surface area contributed by atoms with E-state index in [-0.39, 0.29) is 28.7 Å². The molecule has 11 heteroatoms. The van der Waals surface area contributed by atoms with Crippen LogP contribution in [0.4, 0.5) is 0 Å². The average molecular weight is 576 g/mol. The van der Waals surface area contributed by atoms with Gasteiger partial charge in [0.15, 0.2) is 20.7 Å². The Morgan fingerprint density at radius 3 is 2.12 bits per heavy atom. The van der Waals surface area contributed by atoms with E-state index in [4.69, 9.17) is 18.6 Å². The summed E-state index contributed by atoms with van der Waals surface area (Å²) in [4.78, 5) is 52.4. The van der Waals surface area contributed by atoms with E-state index >= 15 is 0 Å². The standard InChI is InChI=1S/C29H41NO9Si/c1-16(2)29(6,7)40(8,9)39-28-22(30-25(33)17(3)18(4)26(30)34)24(37-19(5)31)23(32)21(38-28)15-36-27(35)20-13-11-10-12-14-20/h10-14,16,21-24,28,32H,15H2,1-9H3/t21-,22-,23-,24-,28+/m1/s1. The van der Waals surface area contributed by atoms with Crippen LogP contribution in [-0.2, 0) is 33.0 Å². The Balaban J connectivity index is 2.02. The zero-order valence-electron chi connectivity index (χ0n) is 24.7. The Hall–Kier alpha value is -2.86. The smallest absolute Gasteiger partial charge is 0.338 e. The van der Waals surface area contributed by atoms with Gasteiger partial charge in [0.1, 0.15) is 24.9 Å². The van der Waals surface area contributed by atoms with Gasteiger partial charge in [0.25, 0.3) is 11.8 Å². The van der Waals surface area contributed by atoms with E-state index in [1.165, 1.54) is 6.92 Å². The number of esters is 2. The molecule has 2 aliphatic rings. The Morgan fingerprint density at radius 1 is 1.07 bits per heavy atom. The molecule has 2 amide bonds. The van der Waals surface area contributed by atoms with Gasteiger partial charge < -0.3 is 23.7 Å². The molecule has 220 valence electrons. The van der Waals surface area contributed by atoms with Gasteiger partial charge >= 0.3 is 11.9 Å². The fraction of sp³-hybridized carbons (Fsp3) is 0.586. The zero-order chi connectivity index (χ0) is 30.2. The summed E-state index contributed by atoms with van der Waals surface area (Å²) in [5.41, 5.74) is 0.808. The summed E-state index contributed by atoms with van der Waals surface area (Å²) in [6, 6.07) is 7.06. The van der Waals surface area contributed by atoms with Gasteiger partial charge in [-0.05, 0) is 50.0 Å². The lowest BCUT2D eigenvalue weighted by Crippen LogP contribution is -2.68. The summed E-state index contributed by atoms with van der Waals surface area (Å²) in [6.07, 6.45) is -5.37. The summed E-state index contributed by atoms with van der Waals surface area (Å²) in [5, 5.41) is 11.1. The highest BCUT2D eigenvalue weighted by molar-refractivity contribution is 6.74. The normalized spacial score (nSPS) is 26.0. The highest BCUT2D eigenvalue weighted by Gasteiger charge is 2.57. The zero-order valence-corrected chi connectivity index (χ0v) is 25.7. The summed E-state index contributed by atoms with van der Waals surface area (Å²) in [6.45, 7) is 16.2. The molecular formula is C29H41NO9Si. The average Bonchev–Trinajstić information content (AvgIpc) is 3.07. The quantitative estimate of drug-likeness (QED) is 0.267. The number of ether oxygens (including phenoxy) is 3. The molecule has 1 fully saturated rings. The molecule has 0 bridgehead atoms. The second-order valence-corrected chi connectivity index (χ2v) is 16.3. The number of aliphatic hydroxyl groups excluding tert-OH is 1. The molecule has 0 saturated carbocycles. The van der Waals surface area contributed by atoms with Crippen molar-refractivity contribution in [3.05, 3.63) is 47.0 Å². The number of carbonyl (C=O) groups is 4. The lowest BCUT2D eigenvalue weighted by atomic mass is 9.95. The highest BCUT2D eigenvalue weighted by Crippen LogP contribution is 2.46.